The molecule has 0 saturated heterocycles. The number of nitrogens with two attached hydrogens (primary N) is 1. The summed E-state index contributed by atoms with van der Waals surface area (Å²) in [6.07, 6.45) is 3.64. The fourth-order valence-electron chi connectivity index (χ4n) is 1.61. The molecule has 1 aliphatic rings. The van der Waals surface area contributed by atoms with Crippen molar-refractivity contribution in [3.63, 3.8) is 0 Å². The summed E-state index contributed by atoms with van der Waals surface area (Å²) in [5.74, 6) is -0.0118. The van der Waals surface area contributed by atoms with Crippen molar-refractivity contribution >= 4 is 5.91 Å². The van der Waals surface area contributed by atoms with Gasteiger partial charge in [-0.15, -0.1) is 0 Å². The number of hydrogen-bond acceptors (Lipinski definition) is 2. The second-order valence-corrected chi connectivity index (χ2v) is 5.92. The Bertz CT molecular complexity index is 238. The molecule has 1 fully saturated rings. The zero-order chi connectivity index (χ0) is 11.7. The highest BCUT2D eigenvalue weighted by molar-refractivity contribution is 5.82. The highest BCUT2D eigenvalue weighted by Crippen LogP contribution is 2.47. The molecule has 0 aliphatic heterocycles. The Morgan fingerprint density at radius 1 is 1.47 bits per heavy atom. The fourth-order valence-corrected chi connectivity index (χ4v) is 1.61. The Hall–Kier alpha value is -0.570. The maximum atomic E-state index is 11.7. The van der Waals surface area contributed by atoms with Gasteiger partial charge in [0.15, 0.2) is 0 Å². The van der Waals surface area contributed by atoms with Crippen LogP contribution in [0.2, 0.25) is 0 Å². The molecule has 1 aliphatic carbocycles. The van der Waals surface area contributed by atoms with Crippen LogP contribution in [0.1, 0.15) is 47.0 Å². The van der Waals surface area contributed by atoms with E-state index in [1.807, 2.05) is 20.8 Å². The first-order chi connectivity index (χ1) is 6.81. The smallest absolute Gasteiger partial charge is 0.237 e. The van der Waals surface area contributed by atoms with E-state index in [9.17, 15) is 4.79 Å². The molecule has 1 saturated carbocycles. The zero-order valence-corrected chi connectivity index (χ0v) is 10.4. The van der Waals surface area contributed by atoms with Crippen molar-refractivity contribution in [3.05, 3.63) is 0 Å². The van der Waals surface area contributed by atoms with Crippen LogP contribution in [0.4, 0.5) is 0 Å². The summed E-state index contributed by atoms with van der Waals surface area (Å²) >= 11 is 0. The largest absolute Gasteiger partial charge is 0.354 e. The second kappa shape index (κ2) is 4.12. The molecule has 3 heteroatoms. The summed E-state index contributed by atoms with van der Waals surface area (Å²) in [5.41, 5.74) is 6.11. The third-order valence-electron chi connectivity index (χ3n) is 3.56. The van der Waals surface area contributed by atoms with Gasteiger partial charge in [0.05, 0.1) is 6.04 Å². The Morgan fingerprint density at radius 3 is 2.33 bits per heavy atom. The van der Waals surface area contributed by atoms with Gasteiger partial charge < -0.3 is 11.1 Å². The molecule has 88 valence electrons. The van der Waals surface area contributed by atoms with E-state index in [1.165, 1.54) is 12.8 Å². The number of hydrogen-bond donors (Lipinski definition) is 2. The van der Waals surface area contributed by atoms with Gasteiger partial charge in [-0.1, -0.05) is 27.7 Å². The van der Waals surface area contributed by atoms with E-state index in [0.717, 1.165) is 13.0 Å². The van der Waals surface area contributed by atoms with Gasteiger partial charge in [-0.05, 0) is 30.1 Å². The summed E-state index contributed by atoms with van der Waals surface area (Å²) in [4.78, 5) is 11.7. The van der Waals surface area contributed by atoms with Gasteiger partial charge >= 0.3 is 0 Å². The van der Waals surface area contributed by atoms with Gasteiger partial charge in [0.1, 0.15) is 0 Å². The van der Waals surface area contributed by atoms with E-state index < -0.39 is 6.04 Å². The standard InChI is InChI=1S/C12H24N2O/c1-5-12(6-7-12)8-14-10(15)9(13)11(2,3)4/h9H,5-8,13H2,1-4H3,(H,14,15). The van der Waals surface area contributed by atoms with Crippen molar-refractivity contribution < 1.29 is 4.79 Å². The van der Waals surface area contributed by atoms with Crippen LogP contribution in [0.15, 0.2) is 0 Å². The lowest BCUT2D eigenvalue weighted by molar-refractivity contribution is -0.124. The molecule has 0 heterocycles. The van der Waals surface area contributed by atoms with E-state index in [-0.39, 0.29) is 11.3 Å². The van der Waals surface area contributed by atoms with E-state index in [1.54, 1.807) is 0 Å². The van der Waals surface area contributed by atoms with E-state index in [0.29, 0.717) is 5.41 Å². The Morgan fingerprint density at radius 2 is 2.00 bits per heavy atom. The summed E-state index contributed by atoms with van der Waals surface area (Å²) in [5, 5.41) is 2.98. The zero-order valence-electron chi connectivity index (χ0n) is 10.4. The molecule has 1 unspecified atom stereocenters. The number of carbonyl (C=O) groups excluding carboxylic acids is 1. The van der Waals surface area contributed by atoms with Crippen molar-refractivity contribution in [1.29, 1.82) is 0 Å². The fraction of sp³-hybridized carbons (Fsp3) is 0.917. The van der Waals surface area contributed by atoms with Gasteiger partial charge in [0.2, 0.25) is 5.91 Å². The van der Waals surface area contributed by atoms with E-state index in [4.69, 9.17) is 5.73 Å². The molecular weight excluding hydrogens is 188 g/mol. The Kier molecular flexibility index (Phi) is 3.44. The van der Waals surface area contributed by atoms with E-state index >= 15 is 0 Å². The average Bonchev–Trinajstić information content (AvgIpc) is 2.92. The lowest BCUT2D eigenvalue weighted by atomic mass is 9.87. The molecular formula is C12H24N2O. The Balaban J connectivity index is 2.36. The molecule has 1 amide bonds. The normalized spacial score (nSPS) is 20.9. The van der Waals surface area contributed by atoms with Crippen molar-refractivity contribution in [2.24, 2.45) is 16.6 Å². The highest BCUT2D eigenvalue weighted by atomic mass is 16.2. The first-order valence-corrected chi connectivity index (χ1v) is 5.84. The molecule has 0 aromatic rings. The van der Waals surface area contributed by atoms with Crippen LogP contribution in [-0.4, -0.2) is 18.5 Å². The minimum absolute atomic E-state index is 0.0118. The van der Waals surface area contributed by atoms with Crippen LogP contribution < -0.4 is 11.1 Å². The third kappa shape index (κ3) is 3.20. The van der Waals surface area contributed by atoms with Gasteiger partial charge in [-0.3, -0.25) is 4.79 Å². The molecule has 15 heavy (non-hydrogen) atoms. The number of rotatable bonds is 4. The number of nitrogens with one attached hydrogen (secondary N) is 1. The van der Waals surface area contributed by atoms with Crippen LogP contribution in [0.25, 0.3) is 0 Å². The molecule has 3 nitrogen and oxygen atoms in total. The molecule has 0 bridgehead atoms. The summed E-state index contributed by atoms with van der Waals surface area (Å²) in [6.45, 7) is 8.95. The monoisotopic (exact) mass is 212 g/mol. The topological polar surface area (TPSA) is 55.1 Å². The van der Waals surface area contributed by atoms with Crippen molar-refractivity contribution in [2.45, 2.75) is 53.0 Å². The first-order valence-electron chi connectivity index (χ1n) is 5.84. The van der Waals surface area contributed by atoms with Gasteiger partial charge in [0, 0.05) is 6.54 Å². The number of amides is 1. The van der Waals surface area contributed by atoms with Crippen LogP contribution in [0, 0.1) is 10.8 Å². The molecule has 0 radical (unpaired) electrons. The van der Waals surface area contributed by atoms with E-state index in [2.05, 4.69) is 12.2 Å². The minimum Gasteiger partial charge on any atom is -0.354 e. The predicted molar refractivity (Wildman–Crippen MR) is 62.4 cm³/mol. The molecule has 1 atom stereocenters. The van der Waals surface area contributed by atoms with Crippen LogP contribution in [0.3, 0.4) is 0 Å². The molecule has 0 aromatic heterocycles. The maximum Gasteiger partial charge on any atom is 0.237 e. The van der Waals surface area contributed by atoms with Crippen molar-refractivity contribution in [1.82, 2.24) is 5.32 Å². The van der Waals surface area contributed by atoms with Crippen molar-refractivity contribution in [2.75, 3.05) is 6.54 Å². The maximum absolute atomic E-state index is 11.7. The van der Waals surface area contributed by atoms with Crippen LogP contribution in [0.5, 0.6) is 0 Å². The summed E-state index contributed by atoms with van der Waals surface area (Å²) in [6, 6.07) is -0.412. The lowest BCUT2D eigenvalue weighted by Gasteiger charge is -2.26. The van der Waals surface area contributed by atoms with Gasteiger partial charge in [-0.25, -0.2) is 0 Å². The lowest BCUT2D eigenvalue weighted by Crippen LogP contribution is -2.49. The quantitative estimate of drug-likeness (QED) is 0.744. The SMILES string of the molecule is CCC1(CNC(=O)C(N)C(C)(C)C)CC1. The van der Waals surface area contributed by atoms with Crippen molar-refractivity contribution in [3.8, 4) is 0 Å². The molecule has 0 aromatic carbocycles. The highest BCUT2D eigenvalue weighted by Gasteiger charge is 2.41. The summed E-state index contributed by atoms with van der Waals surface area (Å²) < 4.78 is 0. The molecule has 3 N–H and O–H groups in total. The number of carbonyl (C=O) groups is 1. The minimum atomic E-state index is -0.412. The Labute approximate surface area is 92.8 Å². The first kappa shape index (κ1) is 12.5. The second-order valence-electron chi connectivity index (χ2n) is 5.92. The summed E-state index contributed by atoms with van der Waals surface area (Å²) in [7, 11) is 0. The average molecular weight is 212 g/mol. The predicted octanol–water partition coefficient (Wildman–Crippen LogP) is 1.67. The van der Waals surface area contributed by atoms with Gasteiger partial charge in [0.25, 0.3) is 0 Å². The molecule has 1 rings (SSSR count). The molecule has 0 spiro atoms. The van der Waals surface area contributed by atoms with Crippen LogP contribution in [-0.2, 0) is 4.79 Å². The third-order valence-corrected chi connectivity index (χ3v) is 3.56. The van der Waals surface area contributed by atoms with Gasteiger partial charge in [-0.2, -0.15) is 0 Å². The van der Waals surface area contributed by atoms with Crippen LogP contribution >= 0.6 is 0 Å².